The van der Waals surface area contributed by atoms with Crippen LogP contribution in [0.3, 0.4) is 0 Å². The average Bonchev–Trinajstić information content (AvgIpc) is 2.92. The summed E-state index contributed by atoms with van der Waals surface area (Å²) in [6.07, 6.45) is 0.172. The minimum atomic E-state index is -3.69. The predicted octanol–water partition coefficient (Wildman–Crippen LogP) is 2.25. The van der Waals surface area contributed by atoms with Crippen LogP contribution >= 0.6 is 0 Å². The van der Waals surface area contributed by atoms with Gasteiger partial charge in [0.1, 0.15) is 0 Å². The molecule has 13 nitrogen and oxygen atoms in total. The molecule has 39 heavy (non-hydrogen) atoms. The zero-order valence-corrected chi connectivity index (χ0v) is 30.3. The molecule has 0 rings (SSSR count). The van der Waals surface area contributed by atoms with Crippen molar-refractivity contribution in [2.75, 3.05) is 88.5 Å². The first kappa shape index (κ1) is 39.3. The topological polar surface area (TPSA) is 123 Å². The van der Waals surface area contributed by atoms with Crippen molar-refractivity contribution >= 4 is 35.2 Å². The fourth-order valence-corrected chi connectivity index (χ4v) is 17.4. The van der Waals surface area contributed by atoms with E-state index in [1.165, 1.54) is 0 Å². The Balaban J connectivity index is 7.55. The first-order chi connectivity index (χ1) is 18.6. The van der Waals surface area contributed by atoms with Gasteiger partial charge in [0.25, 0.3) is 0 Å². The summed E-state index contributed by atoms with van der Waals surface area (Å²) in [5.74, 6) is 0. The molecule has 0 aromatic heterocycles. The lowest BCUT2D eigenvalue weighted by atomic mass is 10.4. The fourth-order valence-electron chi connectivity index (χ4n) is 4.71. The minimum Gasteiger partial charge on any atom is -0.376 e. The Labute approximate surface area is 240 Å². The van der Waals surface area contributed by atoms with Gasteiger partial charge in [0.15, 0.2) is 0 Å². The molecule has 0 aromatic carbocycles. The molecule has 0 aliphatic rings. The maximum atomic E-state index is 6.32. The molecule has 0 aliphatic carbocycles. The van der Waals surface area contributed by atoms with E-state index in [4.69, 9.17) is 53.1 Å². The SMILES string of the molecule is CCO[Si](CC(C[Si](OCC)(OCC)OCC)(NC[Si](OC)(OC)OC)[Si](OC)(OC)OC)(OCC)OCC. The summed E-state index contributed by atoms with van der Waals surface area (Å²) in [7, 11) is -4.36. The highest BCUT2D eigenvalue weighted by Gasteiger charge is 2.70. The average molecular weight is 638 g/mol. The van der Waals surface area contributed by atoms with Crippen LogP contribution in [0, 0.1) is 0 Å². The molecule has 0 saturated heterocycles. The molecule has 0 amide bonds. The molecule has 0 saturated carbocycles. The Morgan fingerprint density at radius 2 is 0.718 bits per heavy atom. The fraction of sp³-hybridized carbons (Fsp3) is 1.00. The quantitative estimate of drug-likeness (QED) is 0.140. The van der Waals surface area contributed by atoms with E-state index in [1.54, 1.807) is 42.7 Å². The monoisotopic (exact) mass is 637 g/mol. The molecule has 0 atom stereocenters. The summed E-state index contributed by atoms with van der Waals surface area (Å²) < 4.78 is 73.7. The van der Waals surface area contributed by atoms with E-state index in [-0.39, 0.29) is 18.3 Å². The van der Waals surface area contributed by atoms with E-state index in [2.05, 4.69) is 5.32 Å². The van der Waals surface area contributed by atoms with Gasteiger partial charge in [-0.05, 0) is 41.5 Å². The van der Waals surface area contributed by atoms with Gasteiger partial charge in [-0.2, -0.15) is 0 Å². The lowest BCUT2D eigenvalue weighted by molar-refractivity contribution is 0.0357. The van der Waals surface area contributed by atoms with Crippen LogP contribution in [0.15, 0.2) is 0 Å². The molecule has 0 spiro atoms. The van der Waals surface area contributed by atoms with E-state index in [0.717, 1.165) is 0 Å². The molecule has 1 N–H and O–H groups in total. The van der Waals surface area contributed by atoms with Gasteiger partial charge >= 0.3 is 35.2 Å². The summed E-state index contributed by atoms with van der Waals surface area (Å²) in [6.45, 7) is 13.7. The second-order valence-electron chi connectivity index (χ2n) is 8.22. The van der Waals surface area contributed by atoms with E-state index in [0.29, 0.717) is 39.6 Å². The standard InChI is InChI=1S/C22H55NO12Si4/c1-13-30-36(31-14-2,32-15-3)19-22(39(27-10,28-11)29-12,23-21-38(24-7,25-8)26-9)20-37(33-16-4,34-17-5)35-18-6/h23H,13-21H2,1-12H3. The Hall–Kier alpha value is 0.348. The second-order valence-corrected chi connectivity index (χ2v) is 19.6. The largest absolute Gasteiger partial charge is 0.521 e. The van der Waals surface area contributed by atoms with Gasteiger partial charge in [-0.25, -0.2) is 0 Å². The summed E-state index contributed by atoms with van der Waals surface area (Å²) in [5.41, 5.74) is 0. The third-order valence-electron chi connectivity index (χ3n) is 6.19. The summed E-state index contributed by atoms with van der Waals surface area (Å²) >= 11 is 0. The van der Waals surface area contributed by atoms with Crippen molar-refractivity contribution in [2.45, 2.75) is 58.8 Å². The summed E-state index contributed by atoms with van der Waals surface area (Å²) in [5, 5.41) is 2.47. The van der Waals surface area contributed by atoms with Crippen molar-refractivity contribution in [1.82, 2.24) is 5.32 Å². The van der Waals surface area contributed by atoms with Gasteiger partial charge in [0, 0.05) is 94.4 Å². The molecule has 0 aliphatic heterocycles. The molecular formula is C22H55NO12Si4. The van der Waals surface area contributed by atoms with Crippen molar-refractivity contribution in [3.63, 3.8) is 0 Å². The van der Waals surface area contributed by atoms with Crippen LogP contribution in [0.1, 0.15) is 41.5 Å². The molecule has 0 unspecified atom stereocenters. The molecule has 0 fully saturated rings. The molecule has 236 valence electrons. The lowest BCUT2D eigenvalue weighted by Crippen LogP contribution is -2.77. The van der Waals surface area contributed by atoms with Crippen molar-refractivity contribution in [1.29, 1.82) is 0 Å². The first-order valence-corrected chi connectivity index (χ1v) is 21.0. The maximum Gasteiger partial charge on any atom is 0.521 e. The minimum absolute atomic E-state index is 0.172. The van der Waals surface area contributed by atoms with Gasteiger partial charge in [-0.1, -0.05) is 0 Å². The van der Waals surface area contributed by atoms with Crippen LogP contribution in [0.5, 0.6) is 0 Å². The van der Waals surface area contributed by atoms with Crippen LogP contribution in [0.25, 0.3) is 0 Å². The molecule has 0 bridgehead atoms. The van der Waals surface area contributed by atoms with Crippen LogP contribution in [0.4, 0.5) is 0 Å². The third kappa shape index (κ3) is 10.2. The van der Waals surface area contributed by atoms with E-state index >= 15 is 0 Å². The molecule has 17 heteroatoms. The Bertz CT molecular complexity index is 553. The van der Waals surface area contributed by atoms with Gasteiger partial charge in [0.2, 0.25) is 0 Å². The van der Waals surface area contributed by atoms with Crippen LogP contribution in [0.2, 0.25) is 12.1 Å². The number of hydrogen-bond donors (Lipinski definition) is 1. The zero-order chi connectivity index (χ0) is 30.1. The Morgan fingerprint density at radius 3 is 0.923 bits per heavy atom. The summed E-state index contributed by atoms with van der Waals surface area (Å²) in [6, 6.07) is 0.391. The molecule has 0 aromatic rings. The highest BCUT2D eigenvalue weighted by Crippen LogP contribution is 2.41. The summed E-state index contributed by atoms with van der Waals surface area (Å²) in [4.78, 5) is 0. The number of nitrogens with one attached hydrogen (secondary N) is 1. The first-order valence-electron chi connectivity index (χ1n) is 13.5. The van der Waals surface area contributed by atoms with Crippen LogP contribution < -0.4 is 5.32 Å². The van der Waals surface area contributed by atoms with Crippen molar-refractivity contribution in [2.24, 2.45) is 0 Å². The van der Waals surface area contributed by atoms with Crippen LogP contribution in [-0.2, 0) is 53.1 Å². The normalized spacial score (nSPS) is 13.8. The smallest absolute Gasteiger partial charge is 0.376 e. The van der Waals surface area contributed by atoms with Crippen molar-refractivity contribution in [3.05, 3.63) is 0 Å². The van der Waals surface area contributed by atoms with Gasteiger partial charge in [0.05, 0.1) is 11.3 Å². The van der Waals surface area contributed by atoms with E-state index in [9.17, 15) is 0 Å². The second kappa shape index (κ2) is 19.5. The molecular weight excluding hydrogens is 583 g/mol. The third-order valence-corrected chi connectivity index (χ3v) is 19.1. The Morgan fingerprint density at radius 1 is 0.436 bits per heavy atom. The highest BCUT2D eigenvalue weighted by molar-refractivity contribution is 6.73. The van der Waals surface area contributed by atoms with Gasteiger partial charge < -0.3 is 58.4 Å². The van der Waals surface area contributed by atoms with Gasteiger partial charge in [-0.15, -0.1) is 0 Å². The predicted molar refractivity (Wildman–Crippen MR) is 155 cm³/mol. The van der Waals surface area contributed by atoms with Crippen LogP contribution in [-0.4, -0.2) is 129 Å². The Kier molecular flexibility index (Phi) is 19.7. The molecule has 0 heterocycles. The molecule has 0 radical (unpaired) electrons. The maximum absolute atomic E-state index is 6.32. The van der Waals surface area contributed by atoms with Crippen molar-refractivity contribution in [3.8, 4) is 0 Å². The highest BCUT2D eigenvalue weighted by atomic mass is 28.4. The number of rotatable bonds is 26. The lowest BCUT2D eigenvalue weighted by Gasteiger charge is -2.49. The van der Waals surface area contributed by atoms with E-state index < -0.39 is 40.4 Å². The number of hydrogen-bond acceptors (Lipinski definition) is 13. The van der Waals surface area contributed by atoms with Gasteiger partial charge in [-0.3, -0.25) is 0 Å². The van der Waals surface area contributed by atoms with Crippen molar-refractivity contribution < 1.29 is 53.1 Å². The zero-order valence-electron chi connectivity index (χ0n) is 26.3. The van der Waals surface area contributed by atoms with E-state index in [1.807, 2.05) is 41.5 Å².